The molecule has 0 atom stereocenters. The number of methoxy groups -OCH3 is 1. The predicted molar refractivity (Wildman–Crippen MR) is 83.8 cm³/mol. The lowest BCUT2D eigenvalue weighted by molar-refractivity contribution is 0.308. The van der Waals surface area contributed by atoms with E-state index in [0.29, 0.717) is 6.61 Å². The van der Waals surface area contributed by atoms with Crippen molar-refractivity contribution in [1.82, 2.24) is 5.32 Å². The van der Waals surface area contributed by atoms with Crippen LogP contribution in [0.15, 0.2) is 29.6 Å². The SMILES string of the molecule is CCOc1cccc(CNCc2sccc2C)c1OC. The average molecular weight is 291 g/mol. The lowest BCUT2D eigenvalue weighted by Crippen LogP contribution is -2.13. The molecule has 0 unspecified atom stereocenters. The van der Waals surface area contributed by atoms with E-state index in [9.17, 15) is 0 Å². The summed E-state index contributed by atoms with van der Waals surface area (Å²) in [5.41, 5.74) is 2.46. The fourth-order valence-corrected chi connectivity index (χ4v) is 2.97. The molecule has 1 aromatic heterocycles. The third-order valence-electron chi connectivity index (χ3n) is 3.13. The van der Waals surface area contributed by atoms with Gasteiger partial charge in [-0.15, -0.1) is 11.3 Å². The quantitative estimate of drug-likeness (QED) is 0.842. The Labute approximate surface area is 124 Å². The van der Waals surface area contributed by atoms with Gasteiger partial charge in [0.2, 0.25) is 0 Å². The highest BCUT2D eigenvalue weighted by molar-refractivity contribution is 7.10. The molecule has 4 heteroatoms. The standard InChI is InChI=1S/C16H21NO2S/c1-4-19-14-7-5-6-13(16(14)18-3)10-17-11-15-12(2)8-9-20-15/h5-9,17H,4,10-11H2,1-3H3. The normalized spacial score (nSPS) is 10.6. The molecular weight excluding hydrogens is 270 g/mol. The number of thiophene rings is 1. The second kappa shape index (κ2) is 7.31. The maximum absolute atomic E-state index is 5.59. The number of ether oxygens (including phenoxy) is 2. The Morgan fingerprint density at radius 2 is 2.05 bits per heavy atom. The first kappa shape index (κ1) is 14.9. The largest absolute Gasteiger partial charge is 0.493 e. The molecule has 0 aliphatic rings. The highest BCUT2D eigenvalue weighted by atomic mass is 32.1. The van der Waals surface area contributed by atoms with E-state index in [1.807, 2.05) is 19.1 Å². The first-order chi connectivity index (χ1) is 9.76. The van der Waals surface area contributed by atoms with E-state index in [4.69, 9.17) is 9.47 Å². The molecule has 0 saturated heterocycles. The minimum Gasteiger partial charge on any atom is -0.493 e. The van der Waals surface area contributed by atoms with Gasteiger partial charge in [-0.3, -0.25) is 0 Å². The summed E-state index contributed by atoms with van der Waals surface area (Å²) in [6, 6.07) is 8.16. The molecule has 0 fully saturated rings. The van der Waals surface area contributed by atoms with Crippen LogP contribution in [0, 0.1) is 6.92 Å². The van der Waals surface area contributed by atoms with Gasteiger partial charge in [0, 0.05) is 23.5 Å². The van der Waals surface area contributed by atoms with Crippen LogP contribution >= 0.6 is 11.3 Å². The van der Waals surface area contributed by atoms with Gasteiger partial charge in [0.25, 0.3) is 0 Å². The van der Waals surface area contributed by atoms with Crippen molar-refractivity contribution in [1.29, 1.82) is 0 Å². The van der Waals surface area contributed by atoms with Crippen LogP contribution in [0.25, 0.3) is 0 Å². The highest BCUT2D eigenvalue weighted by Crippen LogP contribution is 2.31. The van der Waals surface area contributed by atoms with Crippen LogP contribution in [0.5, 0.6) is 11.5 Å². The fourth-order valence-electron chi connectivity index (χ4n) is 2.10. The van der Waals surface area contributed by atoms with Gasteiger partial charge in [0.15, 0.2) is 11.5 Å². The van der Waals surface area contributed by atoms with Crippen molar-refractivity contribution in [3.05, 3.63) is 45.6 Å². The van der Waals surface area contributed by atoms with E-state index in [1.165, 1.54) is 10.4 Å². The number of aryl methyl sites for hydroxylation is 1. The molecule has 1 heterocycles. The van der Waals surface area contributed by atoms with Gasteiger partial charge >= 0.3 is 0 Å². The van der Waals surface area contributed by atoms with Crippen molar-refractivity contribution in [2.75, 3.05) is 13.7 Å². The molecule has 2 rings (SSSR count). The van der Waals surface area contributed by atoms with Gasteiger partial charge in [0.1, 0.15) is 0 Å². The molecule has 2 aromatic rings. The predicted octanol–water partition coefficient (Wildman–Crippen LogP) is 3.75. The van der Waals surface area contributed by atoms with E-state index in [-0.39, 0.29) is 0 Å². The van der Waals surface area contributed by atoms with Crippen LogP contribution in [0.3, 0.4) is 0 Å². The molecule has 1 N–H and O–H groups in total. The van der Waals surface area contributed by atoms with Crippen LogP contribution in [0.1, 0.15) is 22.9 Å². The minimum absolute atomic E-state index is 0.641. The Balaban J connectivity index is 2.02. The van der Waals surface area contributed by atoms with Crippen LogP contribution < -0.4 is 14.8 Å². The third-order valence-corrected chi connectivity index (χ3v) is 4.16. The van der Waals surface area contributed by atoms with Crippen LogP contribution in [0.4, 0.5) is 0 Å². The zero-order valence-electron chi connectivity index (χ0n) is 12.2. The minimum atomic E-state index is 0.641. The second-order valence-corrected chi connectivity index (χ2v) is 5.51. The molecule has 0 aliphatic carbocycles. The van der Waals surface area contributed by atoms with Crippen molar-refractivity contribution >= 4 is 11.3 Å². The van der Waals surface area contributed by atoms with Crippen LogP contribution in [-0.2, 0) is 13.1 Å². The number of hydrogen-bond acceptors (Lipinski definition) is 4. The lowest BCUT2D eigenvalue weighted by Gasteiger charge is -2.14. The van der Waals surface area contributed by atoms with Crippen LogP contribution in [-0.4, -0.2) is 13.7 Å². The summed E-state index contributed by atoms with van der Waals surface area (Å²) in [6.45, 7) is 6.41. The van der Waals surface area contributed by atoms with Gasteiger partial charge in [-0.25, -0.2) is 0 Å². The van der Waals surface area contributed by atoms with Gasteiger partial charge in [-0.05, 0) is 36.9 Å². The van der Waals surface area contributed by atoms with Crippen LogP contribution in [0.2, 0.25) is 0 Å². The summed E-state index contributed by atoms with van der Waals surface area (Å²) < 4.78 is 11.1. The zero-order chi connectivity index (χ0) is 14.4. The number of para-hydroxylation sites is 1. The summed E-state index contributed by atoms with van der Waals surface area (Å²) in [7, 11) is 1.69. The number of hydrogen-bond donors (Lipinski definition) is 1. The van der Waals surface area contributed by atoms with E-state index < -0.39 is 0 Å². The van der Waals surface area contributed by atoms with Gasteiger partial charge in [0.05, 0.1) is 13.7 Å². The van der Waals surface area contributed by atoms with Gasteiger partial charge in [-0.1, -0.05) is 12.1 Å². The average Bonchev–Trinajstić information content (AvgIpc) is 2.85. The molecule has 3 nitrogen and oxygen atoms in total. The first-order valence-corrected chi connectivity index (χ1v) is 7.66. The van der Waals surface area contributed by atoms with E-state index >= 15 is 0 Å². The van der Waals surface area contributed by atoms with Crippen molar-refractivity contribution in [2.24, 2.45) is 0 Å². The first-order valence-electron chi connectivity index (χ1n) is 6.78. The fraction of sp³-hybridized carbons (Fsp3) is 0.375. The molecule has 0 amide bonds. The summed E-state index contributed by atoms with van der Waals surface area (Å²) in [5.74, 6) is 1.63. The summed E-state index contributed by atoms with van der Waals surface area (Å²) in [6.07, 6.45) is 0. The summed E-state index contributed by atoms with van der Waals surface area (Å²) in [4.78, 5) is 1.38. The Morgan fingerprint density at radius 1 is 1.20 bits per heavy atom. The maximum Gasteiger partial charge on any atom is 0.165 e. The Kier molecular flexibility index (Phi) is 5.44. The summed E-state index contributed by atoms with van der Waals surface area (Å²) >= 11 is 1.79. The van der Waals surface area contributed by atoms with E-state index in [0.717, 1.165) is 30.2 Å². The molecule has 0 bridgehead atoms. The number of rotatable bonds is 7. The van der Waals surface area contributed by atoms with Crippen molar-refractivity contribution in [3.8, 4) is 11.5 Å². The van der Waals surface area contributed by atoms with Gasteiger partial charge in [-0.2, -0.15) is 0 Å². The Bertz CT molecular complexity index is 551. The number of nitrogens with one attached hydrogen (secondary N) is 1. The zero-order valence-corrected chi connectivity index (χ0v) is 13.0. The Morgan fingerprint density at radius 3 is 2.70 bits per heavy atom. The van der Waals surface area contributed by atoms with E-state index in [1.54, 1.807) is 18.4 Å². The third kappa shape index (κ3) is 3.52. The highest BCUT2D eigenvalue weighted by Gasteiger charge is 2.09. The molecule has 0 spiro atoms. The van der Waals surface area contributed by atoms with Gasteiger partial charge < -0.3 is 14.8 Å². The summed E-state index contributed by atoms with van der Waals surface area (Å²) in [5, 5.41) is 5.59. The molecule has 0 saturated carbocycles. The van der Waals surface area contributed by atoms with E-state index in [2.05, 4.69) is 29.8 Å². The molecule has 20 heavy (non-hydrogen) atoms. The number of benzene rings is 1. The lowest BCUT2D eigenvalue weighted by atomic mass is 10.2. The van der Waals surface area contributed by atoms with Crippen molar-refractivity contribution in [3.63, 3.8) is 0 Å². The smallest absolute Gasteiger partial charge is 0.165 e. The van der Waals surface area contributed by atoms with Crippen molar-refractivity contribution < 1.29 is 9.47 Å². The molecular formula is C16H21NO2S. The second-order valence-electron chi connectivity index (χ2n) is 4.51. The molecule has 0 radical (unpaired) electrons. The molecule has 0 aliphatic heterocycles. The molecule has 108 valence electrons. The molecule has 1 aromatic carbocycles. The maximum atomic E-state index is 5.59. The Hall–Kier alpha value is -1.52. The monoisotopic (exact) mass is 291 g/mol. The topological polar surface area (TPSA) is 30.5 Å². The van der Waals surface area contributed by atoms with Crippen molar-refractivity contribution in [2.45, 2.75) is 26.9 Å².